The Morgan fingerprint density at radius 2 is 2.00 bits per heavy atom. The standard InChI is InChI=1S/C5H11NO3S.2ClH.Zn/c1-10-3-2-4(6-9)5(7)8;;;/h4,6,9H,2-3H2,1H3,(H,7,8);2*1H;/q;;;+2/p-2/t4-;;;/m0.../s1. The van der Waals surface area contributed by atoms with Crippen LogP contribution < -0.4 is 30.3 Å². The van der Waals surface area contributed by atoms with E-state index in [-0.39, 0.29) is 44.3 Å². The number of rotatable bonds is 5. The number of carbonyl (C=O) groups is 1. The van der Waals surface area contributed by atoms with Crippen molar-refractivity contribution in [3.63, 3.8) is 0 Å². The zero-order valence-electron chi connectivity index (χ0n) is 7.17. The number of hydrogen-bond donors (Lipinski definition) is 3. The summed E-state index contributed by atoms with van der Waals surface area (Å²) in [6.07, 6.45) is 2.32. The molecule has 0 radical (unpaired) electrons. The van der Waals surface area contributed by atoms with E-state index in [2.05, 4.69) is 0 Å². The molecule has 0 fully saturated rings. The number of carboxylic acids is 1. The summed E-state index contributed by atoms with van der Waals surface area (Å²) in [5.74, 6) is -0.290. The van der Waals surface area contributed by atoms with Gasteiger partial charge in [0.25, 0.3) is 0 Å². The maximum Gasteiger partial charge on any atom is 2.00 e. The Kier molecular flexibility index (Phi) is 28.0. The fourth-order valence-corrected chi connectivity index (χ4v) is 0.950. The molecule has 0 aromatic carbocycles. The molecule has 0 saturated carbocycles. The van der Waals surface area contributed by atoms with Crippen molar-refractivity contribution in [2.45, 2.75) is 12.5 Å². The van der Waals surface area contributed by atoms with E-state index in [0.29, 0.717) is 6.42 Å². The van der Waals surface area contributed by atoms with Gasteiger partial charge in [-0.1, -0.05) is 0 Å². The van der Waals surface area contributed by atoms with Crippen LogP contribution >= 0.6 is 11.8 Å². The van der Waals surface area contributed by atoms with Crippen molar-refractivity contribution in [1.82, 2.24) is 5.48 Å². The van der Waals surface area contributed by atoms with Crippen LogP contribution in [0.3, 0.4) is 0 Å². The Hall–Kier alpha value is 0.943. The van der Waals surface area contributed by atoms with E-state index in [0.717, 1.165) is 5.75 Å². The maximum absolute atomic E-state index is 10.2. The predicted molar refractivity (Wildman–Crippen MR) is 39.3 cm³/mol. The molecule has 1 atom stereocenters. The van der Waals surface area contributed by atoms with Gasteiger partial charge in [-0.15, -0.1) is 0 Å². The number of hydroxylamine groups is 1. The molecule has 0 aromatic heterocycles. The zero-order valence-corrected chi connectivity index (χ0v) is 12.5. The van der Waals surface area contributed by atoms with Crippen molar-refractivity contribution in [3.05, 3.63) is 0 Å². The van der Waals surface area contributed by atoms with E-state index in [1.807, 2.05) is 6.26 Å². The van der Waals surface area contributed by atoms with Gasteiger partial charge in [0.15, 0.2) is 0 Å². The second kappa shape index (κ2) is 15.4. The molecule has 0 heterocycles. The molecule has 76 valence electrons. The molecule has 3 N–H and O–H groups in total. The van der Waals surface area contributed by atoms with Crippen molar-refractivity contribution in [2.24, 2.45) is 0 Å². The summed E-state index contributed by atoms with van der Waals surface area (Å²) in [6.45, 7) is 0. The van der Waals surface area contributed by atoms with Gasteiger partial charge in [0.05, 0.1) is 0 Å². The Bertz CT molecular complexity index is 122. The summed E-state index contributed by atoms with van der Waals surface area (Å²) in [4.78, 5) is 10.2. The van der Waals surface area contributed by atoms with Gasteiger partial charge in [-0.2, -0.15) is 17.2 Å². The summed E-state index contributed by atoms with van der Waals surface area (Å²) < 4.78 is 0. The fraction of sp³-hybridized carbons (Fsp3) is 0.800. The Morgan fingerprint density at radius 3 is 2.23 bits per heavy atom. The molecule has 8 heteroatoms. The van der Waals surface area contributed by atoms with Crippen LogP contribution in [-0.4, -0.2) is 34.3 Å². The first-order valence-electron chi connectivity index (χ1n) is 2.83. The monoisotopic (exact) mass is 299 g/mol. The topological polar surface area (TPSA) is 69.6 Å². The van der Waals surface area contributed by atoms with Crippen molar-refractivity contribution < 1.29 is 59.4 Å². The van der Waals surface area contributed by atoms with Crippen molar-refractivity contribution >= 4 is 17.7 Å². The molecule has 0 amide bonds. The molecule has 0 aliphatic rings. The number of nitrogens with one attached hydrogen (secondary N) is 1. The third kappa shape index (κ3) is 12.9. The van der Waals surface area contributed by atoms with Crippen LogP contribution in [0.2, 0.25) is 0 Å². The van der Waals surface area contributed by atoms with E-state index in [1.54, 1.807) is 17.2 Å². The smallest absolute Gasteiger partial charge is 1.00 e. The van der Waals surface area contributed by atoms with Crippen LogP contribution in [0.1, 0.15) is 6.42 Å². The van der Waals surface area contributed by atoms with Crippen LogP contribution in [0, 0.1) is 0 Å². The third-order valence-electron chi connectivity index (χ3n) is 1.06. The summed E-state index contributed by atoms with van der Waals surface area (Å²) in [6, 6.07) is -0.826. The van der Waals surface area contributed by atoms with Gasteiger partial charge in [-0.25, -0.2) is 0 Å². The Morgan fingerprint density at radius 1 is 1.54 bits per heavy atom. The number of thioether (sulfide) groups is 1. The van der Waals surface area contributed by atoms with E-state index >= 15 is 0 Å². The first-order chi connectivity index (χ1) is 4.72. The van der Waals surface area contributed by atoms with Crippen LogP contribution in [0.4, 0.5) is 0 Å². The molecule has 0 bridgehead atoms. The number of carboxylic acid groups (broad SMARTS) is 1. The number of hydrogen-bond acceptors (Lipinski definition) is 4. The third-order valence-corrected chi connectivity index (χ3v) is 1.71. The Balaban J connectivity index is -0.000000135. The molecule has 13 heavy (non-hydrogen) atoms. The van der Waals surface area contributed by atoms with Gasteiger partial charge < -0.3 is 35.1 Å². The predicted octanol–water partition coefficient (Wildman–Crippen LogP) is -5.82. The van der Waals surface area contributed by atoms with Crippen LogP contribution in [0.15, 0.2) is 0 Å². The summed E-state index contributed by atoms with van der Waals surface area (Å²) in [5, 5.41) is 16.7. The SMILES string of the molecule is CSCC[C@H](NO)C(=O)O.[Cl-].[Cl-].[Zn+2]. The Labute approximate surface area is 107 Å². The van der Waals surface area contributed by atoms with E-state index < -0.39 is 12.0 Å². The molecule has 0 aliphatic carbocycles. The van der Waals surface area contributed by atoms with Crippen molar-refractivity contribution in [2.75, 3.05) is 12.0 Å². The molecule has 4 nitrogen and oxygen atoms in total. The van der Waals surface area contributed by atoms with Crippen molar-refractivity contribution in [1.29, 1.82) is 0 Å². The van der Waals surface area contributed by atoms with Crippen molar-refractivity contribution in [3.8, 4) is 0 Å². The summed E-state index contributed by atoms with van der Waals surface area (Å²) in [7, 11) is 0. The fourth-order valence-electron chi connectivity index (χ4n) is 0.479. The molecular weight excluding hydrogens is 290 g/mol. The molecular formula is C5H11Cl2NO3SZn. The quantitative estimate of drug-likeness (QED) is 0.349. The second-order valence-corrected chi connectivity index (χ2v) is 2.79. The molecule has 0 spiro atoms. The number of aliphatic carboxylic acids is 1. The normalized spacial score (nSPS) is 10.0. The van der Waals surface area contributed by atoms with E-state index in [1.165, 1.54) is 0 Å². The minimum atomic E-state index is -1.02. The minimum absolute atomic E-state index is 0. The second-order valence-electron chi connectivity index (χ2n) is 1.80. The number of halogens is 2. The van der Waals surface area contributed by atoms with E-state index in [4.69, 9.17) is 10.3 Å². The first kappa shape index (κ1) is 23.6. The summed E-state index contributed by atoms with van der Waals surface area (Å²) in [5.41, 5.74) is 1.72. The van der Waals surface area contributed by atoms with Crippen LogP contribution in [-0.2, 0) is 24.3 Å². The largest absolute Gasteiger partial charge is 2.00 e. The average molecular weight is 302 g/mol. The van der Waals surface area contributed by atoms with Crippen LogP contribution in [0.25, 0.3) is 0 Å². The van der Waals surface area contributed by atoms with Crippen LogP contribution in [0.5, 0.6) is 0 Å². The molecule has 0 aliphatic heterocycles. The molecule has 0 rings (SSSR count). The van der Waals surface area contributed by atoms with E-state index in [9.17, 15) is 4.79 Å². The molecule has 0 saturated heterocycles. The minimum Gasteiger partial charge on any atom is -1.00 e. The van der Waals surface area contributed by atoms with Gasteiger partial charge in [0.1, 0.15) is 6.04 Å². The van der Waals surface area contributed by atoms with Gasteiger partial charge in [-0.3, -0.25) is 4.79 Å². The first-order valence-corrected chi connectivity index (χ1v) is 4.23. The maximum atomic E-state index is 10.2. The average Bonchev–Trinajstić information content (AvgIpc) is 1.89. The van der Waals surface area contributed by atoms with Gasteiger partial charge in [0, 0.05) is 0 Å². The zero-order chi connectivity index (χ0) is 7.98. The summed E-state index contributed by atoms with van der Waals surface area (Å²) >= 11 is 1.55. The van der Waals surface area contributed by atoms with Gasteiger partial charge in [0.2, 0.25) is 0 Å². The molecule has 0 aromatic rings. The molecule has 0 unspecified atom stereocenters. The van der Waals surface area contributed by atoms with Gasteiger partial charge in [-0.05, 0) is 18.4 Å². The van der Waals surface area contributed by atoms with Gasteiger partial charge >= 0.3 is 25.4 Å².